The number of rotatable bonds is 5. The van der Waals surface area contributed by atoms with E-state index in [4.69, 9.17) is 9.47 Å². The van der Waals surface area contributed by atoms with Crippen LogP contribution in [0.25, 0.3) is 10.2 Å². The first-order valence-electron chi connectivity index (χ1n) is 12.6. The molecular formula is C27H31N3O4S. The Labute approximate surface area is 209 Å². The maximum Gasteiger partial charge on any atom is 0.271 e. The fourth-order valence-electron chi connectivity index (χ4n) is 5.62. The van der Waals surface area contributed by atoms with E-state index in [0.29, 0.717) is 30.3 Å². The minimum Gasteiger partial charge on any atom is -0.454 e. The molecule has 0 spiro atoms. The topological polar surface area (TPSA) is 72.8 Å². The van der Waals surface area contributed by atoms with Gasteiger partial charge in [-0.3, -0.25) is 9.59 Å². The molecule has 0 saturated heterocycles. The Balaban J connectivity index is 1.38. The second kappa shape index (κ2) is 8.59. The zero-order valence-electron chi connectivity index (χ0n) is 20.3. The number of nitrogens with zero attached hydrogens (tertiary/aromatic N) is 2. The molecule has 2 amide bonds. The first kappa shape index (κ1) is 22.5. The smallest absolute Gasteiger partial charge is 0.271 e. The van der Waals surface area contributed by atoms with Crippen molar-refractivity contribution in [2.45, 2.75) is 77.0 Å². The fourth-order valence-corrected chi connectivity index (χ4v) is 6.66. The van der Waals surface area contributed by atoms with E-state index in [1.54, 1.807) is 16.2 Å². The molecule has 184 valence electrons. The number of hydrogen-bond donors (Lipinski definition) is 1. The Morgan fingerprint density at radius 3 is 2.74 bits per heavy atom. The summed E-state index contributed by atoms with van der Waals surface area (Å²) in [4.78, 5) is 30.9. The summed E-state index contributed by atoms with van der Waals surface area (Å²) in [6, 6.07) is 10.1. The van der Waals surface area contributed by atoms with E-state index in [9.17, 15) is 9.59 Å². The molecule has 1 aliphatic carbocycles. The van der Waals surface area contributed by atoms with Crippen LogP contribution in [0.2, 0.25) is 0 Å². The number of hydrogen-bond acceptors (Lipinski definition) is 5. The number of aromatic nitrogens is 1. The van der Waals surface area contributed by atoms with Crippen LogP contribution in [-0.2, 0) is 24.3 Å². The Kier molecular flexibility index (Phi) is 5.51. The second-order valence-electron chi connectivity index (χ2n) is 10.1. The van der Waals surface area contributed by atoms with Gasteiger partial charge in [0.2, 0.25) is 12.7 Å². The van der Waals surface area contributed by atoms with E-state index in [0.717, 1.165) is 47.9 Å². The van der Waals surface area contributed by atoms with E-state index < -0.39 is 5.54 Å². The van der Waals surface area contributed by atoms with Crippen LogP contribution < -0.4 is 14.8 Å². The van der Waals surface area contributed by atoms with Crippen molar-refractivity contribution in [3.05, 3.63) is 46.5 Å². The van der Waals surface area contributed by atoms with E-state index in [1.165, 1.54) is 11.3 Å². The zero-order valence-corrected chi connectivity index (χ0v) is 21.1. The van der Waals surface area contributed by atoms with Crippen molar-refractivity contribution >= 4 is 33.4 Å². The Morgan fingerprint density at radius 1 is 1.14 bits per heavy atom. The molecule has 1 saturated carbocycles. The predicted molar refractivity (Wildman–Crippen MR) is 135 cm³/mol. The quantitative estimate of drug-likeness (QED) is 0.551. The number of fused-ring (bicyclic) bond motifs is 4. The largest absolute Gasteiger partial charge is 0.454 e. The molecule has 7 nitrogen and oxygen atoms in total. The molecule has 0 bridgehead atoms. The van der Waals surface area contributed by atoms with Crippen LogP contribution in [0.1, 0.15) is 66.9 Å². The molecular weight excluding hydrogens is 462 g/mol. The van der Waals surface area contributed by atoms with Gasteiger partial charge in [0.1, 0.15) is 11.2 Å². The number of carbonyl (C=O) groups is 2. The van der Waals surface area contributed by atoms with Crippen LogP contribution in [0.5, 0.6) is 11.5 Å². The normalized spacial score (nSPS) is 22.0. The van der Waals surface area contributed by atoms with E-state index in [1.807, 2.05) is 31.2 Å². The third-order valence-corrected chi connectivity index (χ3v) is 8.94. The zero-order chi connectivity index (χ0) is 24.2. The Morgan fingerprint density at radius 2 is 1.94 bits per heavy atom. The van der Waals surface area contributed by atoms with Gasteiger partial charge in [0.15, 0.2) is 11.5 Å². The summed E-state index contributed by atoms with van der Waals surface area (Å²) in [6.07, 6.45) is 6.46. The van der Waals surface area contributed by atoms with Crippen LogP contribution in [0.4, 0.5) is 0 Å². The van der Waals surface area contributed by atoms with Gasteiger partial charge in [-0.1, -0.05) is 32.3 Å². The third kappa shape index (κ3) is 3.78. The molecule has 1 fully saturated rings. The maximum absolute atomic E-state index is 14.0. The minimum atomic E-state index is -1.02. The van der Waals surface area contributed by atoms with Gasteiger partial charge in [-0.15, -0.1) is 11.3 Å². The summed E-state index contributed by atoms with van der Waals surface area (Å²) in [5.41, 5.74) is 1.60. The van der Waals surface area contributed by atoms with Crippen LogP contribution in [0.3, 0.4) is 0 Å². The first-order chi connectivity index (χ1) is 17.0. The van der Waals surface area contributed by atoms with Gasteiger partial charge in [0.05, 0.1) is 16.8 Å². The van der Waals surface area contributed by atoms with Crippen LogP contribution in [0, 0.1) is 0 Å². The van der Waals surface area contributed by atoms with Gasteiger partial charge in [0, 0.05) is 17.5 Å². The molecule has 3 aromatic rings. The standard InChI is InChI=1S/C27H31N3O4S/c1-3-19-12-20-24(35-19)13-21-25(31)30(14-17-9-10-22-23(11-17)34-16-33-22)27(2,15-29(20)21)26(32)28-18-7-5-4-6-8-18/h9-13,18H,3-8,14-16H2,1-2H3,(H,28,32). The Hall–Kier alpha value is -3.00. The van der Waals surface area contributed by atoms with Crippen molar-refractivity contribution in [3.8, 4) is 11.5 Å². The van der Waals surface area contributed by atoms with Crippen molar-refractivity contribution in [2.24, 2.45) is 0 Å². The molecule has 8 heteroatoms. The number of aryl methyl sites for hydroxylation is 1. The number of ether oxygens (including phenoxy) is 2. The van der Waals surface area contributed by atoms with Crippen LogP contribution in [0.15, 0.2) is 30.3 Å². The monoisotopic (exact) mass is 493 g/mol. The van der Waals surface area contributed by atoms with Gasteiger partial charge in [-0.2, -0.15) is 0 Å². The van der Waals surface area contributed by atoms with Crippen molar-refractivity contribution in [3.63, 3.8) is 0 Å². The summed E-state index contributed by atoms with van der Waals surface area (Å²) < 4.78 is 14.2. The summed E-state index contributed by atoms with van der Waals surface area (Å²) in [7, 11) is 0. The lowest BCUT2D eigenvalue weighted by atomic mass is 9.91. The van der Waals surface area contributed by atoms with Gasteiger partial charge in [-0.05, 0) is 56.0 Å². The second-order valence-corrected chi connectivity index (χ2v) is 11.3. The van der Waals surface area contributed by atoms with Crippen molar-refractivity contribution in [2.75, 3.05) is 6.79 Å². The average molecular weight is 494 g/mol. The summed E-state index contributed by atoms with van der Waals surface area (Å²) >= 11 is 1.73. The fraction of sp³-hybridized carbons (Fsp3) is 0.481. The van der Waals surface area contributed by atoms with Crippen LogP contribution in [-0.4, -0.2) is 39.7 Å². The highest BCUT2D eigenvalue weighted by atomic mass is 32.1. The molecule has 1 aromatic carbocycles. The molecule has 2 aliphatic heterocycles. The molecule has 2 aromatic heterocycles. The highest BCUT2D eigenvalue weighted by Crippen LogP contribution is 2.38. The lowest BCUT2D eigenvalue weighted by Gasteiger charge is -2.45. The SMILES string of the molecule is CCc1cc2c(cc3n2CC(C)(C(=O)NC2CCCCC2)N(Cc2ccc4c(c2)OCO4)C3=O)s1. The third-order valence-electron chi connectivity index (χ3n) is 7.72. The summed E-state index contributed by atoms with van der Waals surface area (Å²) in [5.74, 6) is 1.20. The molecule has 3 aliphatic rings. The van der Waals surface area contributed by atoms with Crippen molar-refractivity contribution in [1.29, 1.82) is 0 Å². The minimum absolute atomic E-state index is 0.0723. The van der Waals surface area contributed by atoms with Gasteiger partial charge < -0.3 is 24.3 Å². The number of nitrogens with one attached hydrogen (secondary N) is 1. The molecule has 35 heavy (non-hydrogen) atoms. The average Bonchev–Trinajstić information content (AvgIpc) is 3.57. The highest BCUT2D eigenvalue weighted by Gasteiger charge is 2.48. The molecule has 1 unspecified atom stereocenters. The van der Waals surface area contributed by atoms with Crippen molar-refractivity contribution < 1.29 is 19.1 Å². The summed E-state index contributed by atoms with van der Waals surface area (Å²) in [6.45, 7) is 5.01. The van der Waals surface area contributed by atoms with Crippen molar-refractivity contribution in [1.82, 2.24) is 14.8 Å². The van der Waals surface area contributed by atoms with Gasteiger partial charge >= 0.3 is 0 Å². The first-order valence-corrected chi connectivity index (χ1v) is 13.4. The lowest BCUT2D eigenvalue weighted by Crippen LogP contribution is -2.64. The number of benzene rings is 1. The number of thiophene rings is 1. The van der Waals surface area contributed by atoms with E-state index >= 15 is 0 Å². The van der Waals surface area contributed by atoms with Gasteiger partial charge in [-0.25, -0.2) is 0 Å². The molecule has 0 radical (unpaired) electrons. The molecule has 6 rings (SSSR count). The maximum atomic E-state index is 14.0. The van der Waals surface area contributed by atoms with E-state index in [2.05, 4.69) is 22.9 Å². The molecule has 1 N–H and O–H groups in total. The lowest BCUT2D eigenvalue weighted by molar-refractivity contribution is -0.134. The number of amides is 2. The summed E-state index contributed by atoms with van der Waals surface area (Å²) in [5, 5.41) is 3.31. The molecule has 1 atom stereocenters. The van der Waals surface area contributed by atoms with E-state index in [-0.39, 0.29) is 24.6 Å². The molecule has 4 heterocycles. The number of carbonyl (C=O) groups excluding carboxylic acids is 2. The predicted octanol–water partition coefficient (Wildman–Crippen LogP) is 4.86. The Bertz CT molecular complexity index is 1310. The van der Waals surface area contributed by atoms with Crippen LogP contribution >= 0.6 is 11.3 Å². The highest BCUT2D eigenvalue weighted by molar-refractivity contribution is 7.19. The van der Waals surface area contributed by atoms with Gasteiger partial charge in [0.25, 0.3) is 5.91 Å².